The largest absolute Gasteiger partial charge is 0.494 e. The minimum atomic E-state index is -0.407. The highest BCUT2D eigenvalue weighted by Crippen LogP contribution is 2.34. The Labute approximate surface area is 242 Å². The number of carbonyl (C=O) groups excluding carboxylic acids is 1. The molecule has 0 radical (unpaired) electrons. The number of benzene rings is 4. The summed E-state index contributed by atoms with van der Waals surface area (Å²) in [5.74, 6) is 0.797. The lowest BCUT2D eigenvalue weighted by Gasteiger charge is -2.15. The highest BCUT2D eigenvalue weighted by molar-refractivity contribution is 9.09. The average molecular weight is 626 g/mol. The Morgan fingerprint density at radius 3 is 2.58 bits per heavy atom. The zero-order valence-electron chi connectivity index (χ0n) is 21.1. The van der Waals surface area contributed by atoms with Crippen LogP contribution in [0.5, 0.6) is 17.2 Å². The Morgan fingerprint density at radius 1 is 0.900 bits per heavy atom. The Kier molecular flexibility index (Phi) is 8.93. The third-order valence-corrected chi connectivity index (χ3v) is 6.91. The van der Waals surface area contributed by atoms with E-state index in [0.717, 1.165) is 17.3 Å². The van der Waals surface area contributed by atoms with Crippen molar-refractivity contribution in [3.8, 4) is 28.4 Å². The number of alkyl halides is 1. The van der Waals surface area contributed by atoms with Crippen molar-refractivity contribution < 1.29 is 28.0 Å². The molecule has 1 aromatic heterocycles. The van der Waals surface area contributed by atoms with Crippen molar-refractivity contribution >= 4 is 44.9 Å². The highest BCUT2D eigenvalue weighted by Gasteiger charge is 2.15. The van der Waals surface area contributed by atoms with Gasteiger partial charge in [-0.15, -0.1) is 0 Å². The molecule has 0 saturated carbocycles. The summed E-state index contributed by atoms with van der Waals surface area (Å²) in [6.45, 7) is 0.630. The number of fused-ring (bicyclic) bond motifs is 1. The highest BCUT2D eigenvalue weighted by atomic mass is 79.9. The average Bonchev–Trinajstić information content (AvgIpc) is 3.45. The van der Waals surface area contributed by atoms with Gasteiger partial charge in [-0.1, -0.05) is 63.9 Å². The molecule has 0 aliphatic rings. The zero-order valence-corrected chi connectivity index (χ0v) is 23.5. The van der Waals surface area contributed by atoms with E-state index in [4.69, 9.17) is 30.4 Å². The van der Waals surface area contributed by atoms with Gasteiger partial charge in [-0.05, 0) is 58.2 Å². The number of carbonyl (C=O) groups is 1. The minimum absolute atomic E-state index is 0.0868. The predicted molar refractivity (Wildman–Crippen MR) is 153 cm³/mol. The SMILES string of the molecule is O=Cc1cc(Cl)c(OCc2cccc(-c3cccc(OCCCBr)c3)c2F)cc1OCc1ccc2nonc2c1. The van der Waals surface area contributed by atoms with Gasteiger partial charge in [0.15, 0.2) is 6.29 Å². The van der Waals surface area contributed by atoms with Gasteiger partial charge in [-0.2, -0.15) is 0 Å². The summed E-state index contributed by atoms with van der Waals surface area (Å²) < 4.78 is 37.8. The van der Waals surface area contributed by atoms with Gasteiger partial charge < -0.3 is 14.2 Å². The maximum atomic E-state index is 15.5. The van der Waals surface area contributed by atoms with Gasteiger partial charge in [0.25, 0.3) is 0 Å². The van der Waals surface area contributed by atoms with E-state index in [2.05, 4.69) is 26.2 Å². The second-order valence-corrected chi connectivity index (χ2v) is 10.0. The number of aromatic nitrogens is 2. The summed E-state index contributed by atoms with van der Waals surface area (Å²) >= 11 is 9.76. The number of nitrogens with zero attached hydrogens (tertiary/aromatic N) is 2. The lowest BCUT2D eigenvalue weighted by molar-refractivity contribution is 0.111. The molecule has 204 valence electrons. The van der Waals surface area contributed by atoms with Gasteiger partial charge in [0, 0.05) is 22.5 Å². The van der Waals surface area contributed by atoms with Crippen LogP contribution < -0.4 is 14.2 Å². The number of hydrogen-bond acceptors (Lipinski definition) is 7. The first kappa shape index (κ1) is 27.6. The van der Waals surface area contributed by atoms with Crippen LogP contribution >= 0.6 is 27.5 Å². The van der Waals surface area contributed by atoms with Gasteiger partial charge in [0.1, 0.15) is 47.3 Å². The van der Waals surface area contributed by atoms with Crippen molar-refractivity contribution in [2.45, 2.75) is 19.6 Å². The molecule has 7 nitrogen and oxygen atoms in total. The zero-order chi connectivity index (χ0) is 27.9. The van der Waals surface area contributed by atoms with Crippen molar-refractivity contribution in [1.29, 1.82) is 0 Å². The van der Waals surface area contributed by atoms with Crippen LogP contribution in [-0.2, 0) is 13.2 Å². The molecule has 10 heteroatoms. The molecule has 5 aromatic rings. The van der Waals surface area contributed by atoms with Gasteiger partial charge in [0.2, 0.25) is 0 Å². The summed E-state index contributed by atoms with van der Waals surface area (Å²) in [7, 11) is 0. The van der Waals surface area contributed by atoms with Crippen LogP contribution in [0.4, 0.5) is 4.39 Å². The van der Waals surface area contributed by atoms with Crippen molar-refractivity contribution in [2.75, 3.05) is 11.9 Å². The summed E-state index contributed by atoms with van der Waals surface area (Å²) in [6, 6.07) is 20.8. The monoisotopic (exact) mass is 624 g/mol. The van der Waals surface area contributed by atoms with E-state index in [1.165, 1.54) is 12.1 Å². The quantitative estimate of drug-likeness (QED) is 0.0794. The molecule has 0 saturated heterocycles. The Morgan fingerprint density at radius 2 is 1.73 bits per heavy atom. The smallest absolute Gasteiger partial charge is 0.153 e. The minimum Gasteiger partial charge on any atom is -0.494 e. The molecule has 0 fully saturated rings. The van der Waals surface area contributed by atoms with Crippen LogP contribution in [0.25, 0.3) is 22.2 Å². The first-order valence-corrected chi connectivity index (χ1v) is 13.9. The van der Waals surface area contributed by atoms with Crippen LogP contribution in [0.15, 0.2) is 77.4 Å². The van der Waals surface area contributed by atoms with Crippen LogP contribution in [0.3, 0.4) is 0 Å². The van der Waals surface area contributed by atoms with E-state index in [9.17, 15) is 4.79 Å². The van der Waals surface area contributed by atoms with E-state index < -0.39 is 5.82 Å². The molecule has 0 amide bonds. The molecular formula is C30H23BrClFN2O5. The standard InChI is InChI=1S/C30H23BrClFN2O5/c31-10-3-11-37-23-6-1-4-20(13-23)24-7-2-5-21(30(24)33)18-39-29-15-28(22(16-36)14-25(29)32)38-17-19-8-9-26-27(12-19)35-40-34-26/h1-2,4-9,12-16H,3,10-11,17-18H2. The molecule has 0 atom stereocenters. The van der Waals surface area contributed by atoms with Crippen LogP contribution in [0.1, 0.15) is 27.9 Å². The van der Waals surface area contributed by atoms with Crippen molar-refractivity contribution in [2.24, 2.45) is 0 Å². The first-order valence-electron chi connectivity index (χ1n) is 12.4. The molecule has 0 spiro atoms. The Hall–Kier alpha value is -3.95. The molecule has 40 heavy (non-hydrogen) atoms. The lowest BCUT2D eigenvalue weighted by atomic mass is 10.0. The van der Waals surface area contributed by atoms with Crippen molar-refractivity contribution in [3.05, 3.63) is 100 Å². The van der Waals surface area contributed by atoms with Crippen molar-refractivity contribution in [3.63, 3.8) is 0 Å². The molecule has 0 bridgehead atoms. The third kappa shape index (κ3) is 6.43. The second kappa shape index (κ2) is 12.9. The molecule has 4 aromatic carbocycles. The van der Waals surface area contributed by atoms with Crippen molar-refractivity contribution in [1.82, 2.24) is 10.3 Å². The van der Waals surface area contributed by atoms with Gasteiger partial charge in [-0.25, -0.2) is 9.02 Å². The van der Waals surface area contributed by atoms with E-state index in [1.807, 2.05) is 30.3 Å². The van der Waals surface area contributed by atoms with Gasteiger partial charge in [-0.3, -0.25) is 4.79 Å². The molecular weight excluding hydrogens is 603 g/mol. The molecule has 1 heterocycles. The lowest BCUT2D eigenvalue weighted by Crippen LogP contribution is -2.03. The summed E-state index contributed by atoms with van der Waals surface area (Å²) in [6.07, 6.45) is 1.52. The fourth-order valence-electron chi connectivity index (χ4n) is 4.02. The number of rotatable bonds is 12. The fourth-order valence-corrected chi connectivity index (χ4v) is 4.48. The Bertz CT molecular complexity index is 1640. The number of aldehydes is 1. The topological polar surface area (TPSA) is 83.7 Å². The molecule has 5 rings (SSSR count). The Balaban J connectivity index is 1.31. The third-order valence-electron chi connectivity index (χ3n) is 6.06. The summed E-state index contributed by atoms with van der Waals surface area (Å²) in [5, 5.41) is 8.65. The van der Waals surface area contributed by atoms with Gasteiger partial charge >= 0.3 is 0 Å². The molecule has 0 aliphatic heterocycles. The normalized spacial score (nSPS) is 11.0. The molecule has 0 unspecified atom stereocenters. The van der Waals surface area contributed by atoms with Crippen LogP contribution in [0.2, 0.25) is 5.02 Å². The van der Waals surface area contributed by atoms with Crippen LogP contribution in [0, 0.1) is 5.82 Å². The number of hydrogen-bond donors (Lipinski definition) is 0. The summed E-state index contributed by atoms with van der Waals surface area (Å²) in [4.78, 5) is 11.7. The van der Waals surface area contributed by atoms with E-state index >= 15 is 4.39 Å². The summed E-state index contributed by atoms with van der Waals surface area (Å²) in [5.41, 5.74) is 3.74. The number of halogens is 3. The molecule has 0 N–H and O–H groups in total. The maximum absolute atomic E-state index is 15.5. The fraction of sp³-hybridized carbons (Fsp3) is 0.167. The van der Waals surface area contributed by atoms with Crippen LogP contribution in [-0.4, -0.2) is 28.5 Å². The van der Waals surface area contributed by atoms with E-state index in [0.29, 0.717) is 46.4 Å². The first-order chi connectivity index (χ1) is 19.6. The second-order valence-electron chi connectivity index (χ2n) is 8.80. The van der Waals surface area contributed by atoms with Gasteiger partial charge in [0.05, 0.1) is 17.2 Å². The number of ether oxygens (including phenoxy) is 3. The molecule has 0 aliphatic carbocycles. The maximum Gasteiger partial charge on any atom is 0.153 e. The predicted octanol–water partition coefficient (Wildman–Crippen LogP) is 7.82. The van der Waals surface area contributed by atoms with E-state index in [1.54, 1.807) is 30.3 Å². The van der Waals surface area contributed by atoms with E-state index in [-0.39, 0.29) is 35.3 Å².